The standard InChI is InChI=1S/C15H16ClF2N5O4/c1-6(24)9-10(25)15(16,3-2-4-17)13(27-9)22-5-7(18)8-11(22)21-14(19)23(20)12(8)26/h5-6,9-10,13,24-25H,4,20H2,1H3,(H2,19,21)/t6-,9+,10?,13+,15+/m0/s1. The van der Waals surface area contributed by atoms with Gasteiger partial charge in [-0.15, -0.1) is 0 Å². The molecule has 1 aliphatic heterocycles. The first kappa shape index (κ1) is 19.4. The summed E-state index contributed by atoms with van der Waals surface area (Å²) in [5.41, 5.74) is 4.36. The van der Waals surface area contributed by atoms with Gasteiger partial charge in [0.25, 0.3) is 5.56 Å². The number of hydrogen-bond acceptors (Lipinski definition) is 7. The minimum atomic E-state index is -1.96. The molecule has 9 nitrogen and oxygen atoms in total. The van der Waals surface area contributed by atoms with Crippen molar-refractivity contribution >= 4 is 28.6 Å². The molecular formula is C15H16ClF2N5O4. The summed E-state index contributed by atoms with van der Waals surface area (Å²) in [5, 5.41) is 19.8. The number of aliphatic hydroxyl groups excluding tert-OH is 2. The molecule has 1 fully saturated rings. The number of fused-ring (bicyclic) bond motifs is 1. The topological polar surface area (TPSA) is 142 Å². The lowest BCUT2D eigenvalue weighted by atomic mass is 9.96. The van der Waals surface area contributed by atoms with E-state index in [-0.39, 0.29) is 5.65 Å². The van der Waals surface area contributed by atoms with Crippen molar-refractivity contribution < 1.29 is 23.7 Å². The van der Waals surface area contributed by atoms with Crippen LogP contribution in [0.3, 0.4) is 0 Å². The van der Waals surface area contributed by atoms with Crippen molar-refractivity contribution in [2.75, 3.05) is 18.3 Å². The van der Waals surface area contributed by atoms with Gasteiger partial charge in [-0.2, -0.15) is 9.66 Å². The summed E-state index contributed by atoms with van der Waals surface area (Å²) in [5.74, 6) is 8.48. The van der Waals surface area contributed by atoms with Crippen LogP contribution in [0.5, 0.6) is 0 Å². The Morgan fingerprint density at radius 2 is 2.26 bits per heavy atom. The minimum Gasteiger partial charge on any atom is -0.391 e. The zero-order chi connectivity index (χ0) is 20.1. The fourth-order valence-corrected chi connectivity index (χ4v) is 3.37. The van der Waals surface area contributed by atoms with Gasteiger partial charge in [0.05, 0.1) is 6.10 Å². The summed E-state index contributed by atoms with van der Waals surface area (Å²) < 4.78 is 34.1. The predicted molar refractivity (Wildman–Crippen MR) is 92.4 cm³/mol. The van der Waals surface area contributed by atoms with Crippen molar-refractivity contribution in [3.05, 3.63) is 22.4 Å². The number of aromatic nitrogens is 3. The van der Waals surface area contributed by atoms with E-state index in [2.05, 4.69) is 16.8 Å². The summed E-state index contributed by atoms with van der Waals surface area (Å²) in [6, 6.07) is 0. The number of aliphatic hydroxyl groups is 2. The Balaban J connectivity index is 2.26. The van der Waals surface area contributed by atoms with Crippen LogP contribution >= 0.6 is 11.6 Å². The molecule has 0 spiro atoms. The van der Waals surface area contributed by atoms with E-state index in [4.69, 9.17) is 27.9 Å². The van der Waals surface area contributed by atoms with Gasteiger partial charge < -0.3 is 26.5 Å². The maximum Gasteiger partial charge on any atom is 0.285 e. The third kappa shape index (κ3) is 2.81. The molecule has 0 radical (unpaired) electrons. The van der Waals surface area contributed by atoms with Crippen molar-refractivity contribution in [3.63, 3.8) is 0 Å². The molecule has 5 atom stereocenters. The van der Waals surface area contributed by atoms with Crippen LogP contribution in [0, 0.1) is 17.7 Å². The molecule has 6 N–H and O–H groups in total. The summed E-state index contributed by atoms with van der Waals surface area (Å²) in [7, 11) is 0. The van der Waals surface area contributed by atoms with Gasteiger partial charge in [-0.25, -0.2) is 8.78 Å². The molecule has 0 saturated carbocycles. The van der Waals surface area contributed by atoms with Gasteiger partial charge in [0.1, 0.15) is 24.3 Å². The monoisotopic (exact) mass is 403 g/mol. The Morgan fingerprint density at radius 1 is 1.59 bits per heavy atom. The zero-order valence-electron chi connectivity index (χ0n) is 13.9. The largest absolute Gasteiger partial charge is 0.391 e. The first-order valence-electron chi connectivity index (χ1n) is 7.73. The van der Waals surface area contributed by atoms with Gasteiger partial charge in [-0.3, -0.25) is 9.36 Å². The molecule has 2 aromatic heterocycles. The van der Waals surface area contributed by atoms with Crippen molar-refractivity contribution in [1.29, 1.82) is 0 Å². The molecule has 1 unspecified atom stereocenters. The van der Waals surface area contributed by atoms with Crippen molar-refractivity contribution in [2.24, 2.45) is 0 Å². The van der Waals surface area contributed by atoms with E-state index in [0.29, 0.717) is 4.68 Å². The van der Waals surface area contributed by atoms with Gasteiger partial charge >= 0.3 is 0 Å². The second kappa shape index (κ2) is 6.65. The smallest absolute Gasteiger partial charge is 0.285 e. The quantitative estimate of drug-likeness (QED) is 0.293. The van der Waals surface area contributed by atoms with E-state index in [1.807, 2.05) is 0 Å². The molecule has 3 rings (SSSR count). The van der Waals surface area contributed by atoms with Crippen molar-refractivity contribution in [3.8, 4) is 11.8 Å². The van der Waals surface area contributed by atoms with Crippen LogP contribution in [0.2, 0.25) is 0 Å². The molecule has 0 bridgehead atoms. The highest BCUT2D eigenvalue weighted by molar-refractivity contribution is 6.27. The average Bonchev–Trinajstić information content (AvgIpc) is 3.06. The van der Waals surface area contributed by atoms with Gasteiger partial charge in [0.15, 0.2) is 22.6 Å². The lowest BCUT2D eigenvalue weighted by molar-refractivity contribution is -0.0752. The van der Waals surface area contributed by atoms with E-state index in [0.717, 1.165) is 10.8 Å². The number of rotatable bonds is 2. The highest BCUT2D eigenvalue weighted by Gasteiger charge is 2.57. The number of hydrogen-bond donors (Lipinski definition) is 4. The van der Waals surface area contributed by atoms with E-state index < -0.39 is 58.8 Å². The normalized spacial score (nSPS) is 28.9. The lowest BCUT2D eigenvalue weighted by Crippen LogP contribution is -2.43. The number of anilines is 1. The average molecular weight is 404 g/mol. The summed E-state index contributed by atoms with van der Waals surface area (Å²) >= 11 is 6.42. The number of alkyl halides is 2. The Labute approximate surface area is 156 Å². The highest BCUT2D eigenvalue weighted by Crippen LogP contribution is 2.45. The summed E-state index contributed by atoms with van der Waals surface area (Å²) in [6.07, 6.45) is -4.51. The van der Waals surface area contributed by atoms with Crippen LogP contribution < -0.4 is 17.1 Å². The third-order valence-electron chi connectivity index (χ3n) is 4.32. The van der Waals surface area contributed by atoms with Crippen LogP contribution in [0.4, 0.5) is 14.7 Å². The van der Waals surface area contributed by atoms with Crippen molar-refractivity contribution in [2.45, 2.75) is 36.3 Å². The minimum absolute atomic E-state index is 0.257. The van der Waals surface area contributed by atoms with Crippen LogP contribution in [0.1, 0.15) is 13.2 Å². The Kier molecular flexibility index (Phi) is 4.77. The third-order valence-corrected chi connectivity index (χ3v) is 4.83. The Morgan fingerprint density at radius 3 is 2.85 bits per heavy atom. The summed E-state index contributed by atoms with van der Waals surface area (Å²) in [4.78, 5) is 14.1. The molecule has 146 valence electrons. The van der Waals surface area contributed by atoms with Gasteiger partial charge in [0.2, 0.25) is 5.95 Å². The Hall–Kier alpha value is -2.39. The zero-order valence-corrected chi connectivity index (χ0v) is 14.7. The molecule has 27 heavy (non-hydrogen) atoms. The number of halogens is 3. The predicted octanol–water partition coefficient (Wildman–Crippen LogP) is -0.777. The molecule has 0 aromatic carbocycles. The van der Waals surface area contributed by atoms with Gasteiger partial charge in [-0.05, 0) is 6.92 Å². The van der Waals surface area contributed by atoms with E-state index in [9.17, 15) is 23.8 Å². The number of nitrogens with two attached hydrogens (primary N) is 2. The van der Waals surface area contributed by atoms with Crippen LogP contribution in [-0.2, 0) is 4.74 Å². The van der Waals surface area contributed by atoms with Crippen LogP contribution in [0.25, 0.3) is 11.0 Å². The van der Waals surface area contributed by atoms with Crippen molar-refractivity contribution in [1.82, 2.24) is 14.2 Å². The SMILES string of the molecule is C[C@H](O)[C@H]1O[C@@H](n2cc(F)c3c(=O)n(N)c(N)nc32)[C@@](Cl)(C#CCF)C1O. The van der Waals surface area contributed by atoms with Gasteiger partial charge in [0, 0.05) is 6.20 Å². The molecule has 12 heteroatoms. The van der Waals surface area contributed by atoms with Crippen LogP contribution in [0.15, 0.2) is 11.0 Å². The molecule has 1 saturated heterocycles. The highest BCUT2D eigenvalue weighted by atomic mass is 35.5. The maximum absolute atomic E-state index is 14.4. The second-order valence-electron chi connectivity index (χ2n) is 6.07. The maximum atomic E-state index is 14.4. The molecular weight excluding hydrogens is 388 g/mol. The fraction of sp³-hybridized carbons (Fsp3) is 0.467. The Bertz CT molecular complexity index is 1010. The van der Waals surface area contributed by atoms with Gasteiger partial charge in [-0.1, -0.05) is 23.4 Å². The van der Waals surface area contributed by atoms with E-state index >= 15 is 0 Å². The molecule has 0 amide bonds. The molecule has 3 heterocycles. The first-order chi connectivity index (χ1) is 12.6. The molecule has 0 aliphatic carbocycles. The second-order valence-corrected chi connectivity index (χ2v) is 6.70. The fourth-order valence-electron chi connectivity index (χ4n) is 3.02. The molecule has 2 aromatic rings. The van der Waals surface area contributed by atoms with E-state index in [1.165, 1.54) is 6.92 Å². The number of ether oxygens (including phenoxy) is 1. The van der Waals surface area contributed by atoms with Crippen LogP contribution in [-0.4, -0.2) is 54.3 Å². The first-order valence-corrected chi connectivity index (χ1v) is 8.11. The summed E-state index contributed by atoms with van der Waals surface area (Å²) in [6.45, 7) is 0.283. The molecule has 1 aliphatic rings. The number of nitrogen functional groups attached to an aromatic ring is 2. The van der Waals surface area contributed by atoms with E-state index in [1.54, 1.807) is 0 Å². The lowest BCUT2D eigenvalue weighted by Gasteiger charge is -2.26. The number of nitrogens with zero attached hydrogens (tertiary/aromatic N) is 3.